The van der Waals surface area contributed by atoms with Gasteiger partial charge in [0.2, 0.25) is 0 Å². The van der Waals surface area contributed by atoms with Gasteiger partial charge in [-0.1, -0.05) is 24.4 Å². The molecule has 0 atom stereocenters. The molecular weight excluding hydrogens is 303 g/mol. The van der Waals surface area contributed by atoms with Crippen LogP contribution in [0, 0.1) is 0 Å². The van der Waals surface area contributed by atoms with Crippen molar-refractivity contribution in [2.24, 2.45) is 5.73 Å². The Bertz CT molecular complexity index is 473. The Morgan fingerprint density at radius 3 is 2.52 bits per heavy atom. The lowest BCUT2D eigenvalue weighted by atomic mass is 10.2. The van der Waals surface area contributed by atoms with Crippen LogP contribution >= 0.6 is 11.6 Å². The minimum Gasteiger partial charge on any atom is -0.352 e. The summed E-state index contributed by atoms with van der Waals surface area (Å²) in [6.07, 6.45) is 1.48. The van der Waals surface area contributed by atoms with Gasteiger partial charge < -0.3 is 10.6 Å². The Kier molecular flexibility index (Phi) is 5.32. The molecule has 118 valence electrons. The number of pyridine rings is 1. The number of nitrogens with zero attached hydrogens (tertiary/aromatic N) is 2. The number of rotatable bonds is 5. The fourth-order valence-electron chi connectivity index (χ4n) is 2.74. The molecule has 0 spiro atoms. The molecule has 0 amide bonds. The molecule has 1 heterocycles. The lowest BCUT2D eigenvalue weighted by Gasteiger charge is -2.31. The van der Waals surface area contributed by atoms with Crippen LogP contribution in [-0.2, 0) is 6.18 Å². The maximum atomic E-state index is 12.7. The number of aromatic nitrogens is 1. The summed E-state index contributed by atoms with van der Waals surface area (Å²) in [5.41, 5.74) is 4.73. The van der Waals surface area contributed by atoms with Gasteiger partial charge in [0.1, 0.15) is 5.82 Å². The highest BCUT2D eigenvalue weighted by Crippen LogP contribution is 2.36. The number of hydrogen-bond donors (Lipinski definition) is 1. The average Bonchev–Trinajstić information content (AvgIpc) is 2.93. The van der Waals surface area contributed by atoms with Crippen molar-refractivity contribution in [3.63, 3.8) is 0 Å². The molecule has 1 aromatic heterocycles. The van der Waals surface area contributed by atoms with Gasteiger partial charge in [0.25, 0.3) is 0 Å². The van der Waals surface area contributed by atoms with Gasteiger partial charge in [-0.05, 0) is 31.9 Å². The molecule has 1 fully saturated rings. The standard InChI is InChI=1S/C14H19ClF3N3/c15-12-8-10(14(16,17)18)9-20-13(12)21(7-3-6-19)11-4-1-2-5-11/h8-9,11H,1-7,19H2. The Hall–Kier alpha value is -1.01. The normalized spacial score (nSPS) is 16.4. The van der Waals surface area contributed by atoms with Gasteiger partial charge in [0.15, 0.2) is 0 Å². The summed E-state index contributed by atoms with van der Waals surface area (Å²) < 4.78 is 38.0. The third-order valence-electron chi connectivity index (χ3n) is 3.79. The van der Waals surface area contributed by atoms with Crippen LogP contribution in [0.25, 0.3) is 0 Å². The van der Waals surface area contributed by atoms with E-state index in [2.05, 4.69) is 4.98 Å². The number of halogens is 4. The van der Waals surface area contributed by atoms with E-state index in [0.717, 1.165) is 44.4 Å². The number of anilines is 1. The van der Waals surface area contributed by atoms with E-state index >= 15 is 0 Å². The highest BCUT2D eigenvalue weighted by molar-refractivity contribution is 6.33. The lowest BCUT2D eigenvalue weighted by Crippen LogP contribution is -2.36. The van der Waals surface area contributed by atoms with Crippen molar-refractivity contribution in [3.05, 3.63) is 22.8 Å². The van der Waals surface area contributed by atoms with Gasteiger partial charge in [0.05, 0.1) is 10.6 Å². The second-order valence-electron chi connectivity index (χ2n) is 5.30. The number of alkyl halides is 3. The Labute approximate surface area is 127 Å². The Morgan fingerprint density at radius 1 is 1.33 bits per heavy atom. The molecule has 0 radical (unpaired) electrons. The molecule has 1 aliphatic rings. The van der Waals surface area contributed by atoms with Crippen molar-refractivity contribution < 1.29 is 13.2 Å². The molecule has 1 aromatic rings. The summed E-state index contributed by atoms with van der Waals surface area (Å²) in [6, 6.07) is 1.24. The number of nitrogens with two attached hydrogens (primary N) is 1. The van der Waals surface area contributed by atoms with Gasteiger partial charge in [-0.25, -0.2) is 4.98 Å². The summed E-state index contributed by atoms with van der Waals surface area (Å²) in [4.78, 5) is 5.99. The first-order valence-electron chi connectivity index (χ1n) is 7.13. The van der Waals surface area contributed by atoms with Crippen LogP contribution in [0.4, 0.5) is 19.0 Å². The zero-order valence-corrected chi connectivity index (χ0v) is 12.4. The van der Waals surface area contributed by atoms with Crippen LogP contribution in [0.2, 0.25) is 5.02 Å². The van der Waals surface area contributed by atoms with Gasteiger partial charge >= 0.3 is 6.18 Å². The first kappa shape index (κ1) is 16.4. The number of hydrogen-bond acceptors (Lipinski definition) is 3. The third kappa shape index (κ3) is 4.01. The second-order valence-corrected chi connectivity index (χ2v) is 5.71. The van der Waals surface area contributed by atoms with Crippen LogP contribution in [-0.4, -0.2) is 24.1 Å². The summed E-state index contributed by atoms with van der Waals surface area (Å²) in [7, 11) is 0. The zero-order valence-electron chi connectivity index (χ0n) is 11.7. The molecule has 21 heavy (non-hydrogen) atoms. The van der Waals surface area contributed by atoms with E-state index in [9.17, 15) is 13.2 Å². The summed E-state index contributed by atoms with van der Waals surface area (Å²) in [5.74, 6) is 0.435. The third-order valence-corrected chi connectivity index (χ3v) is 4.07. The maximum absolute atomic E-state index is 12.7. The molecule has 1 aliphatic carbocycles. The first-order chi connectivity index (χ1) is 9.93. The van der Waals surface area contributed by atoms with Crippen LogP contribution in [0.15, 0.2) is 12.3 Å². The van der Waals surface area contributed by atoms with Gasteiger partial charge in [-0.3, -0.25) is 0 Å². The van der Waals surface area contributed by atoms with Crippen molar-refractivity contribution >= 4 is 17.4 Å². The van der Waals surface area contributed by atoms with E-state index in [-0.39, 0.29) is 5.02 Å². The fraction of sp³-hybridized carbons (Fsp3) is 0.643. The summed E-state index contributed by atoms with van der Waals surface area (Å²) in [5, 5.41) is 0.0498. The largest absolute Gasteiger partial charge is 0.417 e. The van der Waals surface area contributed by atoms with E-state index in [1.165, 1.54) is 0 Å². The molecule has 1 saturated carbocycles. The van der Waals surface area contributed by atoms with Gasteiger partial charge in [0, 0.05) is 18.8 Å². The molecule has 0 aromatic carbocycles. The van der Waals surface area contributed by atoms with E-state index in [1.807, 2.05) is 4.90 Å². The maximum Gasteiger partial charge on any atom is 0.417 e. The van der Waals surface area contributed by atoms with Crippen LogP contribution in [0.3, 0.4) is 0 Å². The quantitative estimate of drug-likeness (QED) is 0.895. The van der Waals surface area contributed by atoms with E-state index in [1.54, 1.807) is 0 Å². The molecule has 3 nitrogen and oxygen atoms in total. The second kappa shape index (κ2) is 6.83. The lowest BCUT2D eigenvalue weighted by molar-refractivity contribution is -0.137. The first-order valence-corrected chi connectivity index (χ1v) is 7.50. The SMILES string of the molecule is NCCCN(c1ncc(C(F)(F)F)cc1Cl)C1CCCC1. The summed E-state index contributed by atoms with van der Waals surface area (Å²) in [6.45, 7) is 1.20. The van der Waals surface area contributed by atoms with Gasteiger partial charge in [-0.15, -0.1) is 0 Å². The molecule has 2 N–H and O–H groups in total. The van der Waals surface area contributed by atoms with Crippen molar-refractivity contribution in [2.75, 3.05) is 18.0 Å². The molecule has 7 heteroatoms. The van der Waals surface area contributed by atoms with Gasteiger partial charge in [-0.2, -0.15) is 13.2 Å². The molecular formula is C14H19ClF3N3. The predicted molar refractivity (Wildman–Crippen MR) is 77.5 cm³/mol. The smallest absolute Gasteiger partial charge is 0.352 e. The Morgan fingerprint density at radius 2 is 2.00 bits per heavy atom. The van der Waals surface area contributed by atoms with Crippen LogP contribution in [0.5, 0.6) is 0 Å². The van der Waals surface area contributed by atoms with Crippen LogP contribution in [0.1, 0.15) is 37.7 Å². The molecule has 0 saturated heterocycles. The molecule has 2 rings (SSSR count). The molecule has 0 aliphatic heterocycles. The van der Waals surface area contributed by atoms with Crippen molar-refractivity contribution in [3.8, 4) is 0 Å². The minimum absolute atomic E-state index is 0.0498. The minimum atomic E-state index is -4.43. The van der Waals surface area contributed by atoms with Crippen molar-refractivity contribution in [1.82, 2.24) is 4.98 Å². The molecule has 0 unspecified atom stereocenters. The monoisotopic (exact) mass is 321 g/mol. The zero-order chi connectivity index (χ0) is 15.5. The fourth-order valence-corrected chi connectivity index (χ4v) is 3.01. The highest BCUT2D eigenvalue weighted by atomic mass is 35.5. The average molecular weight is 322 g/mol. The summed E-state index contributed by atoms with van der Waals surface area (Å²) >= 11 is 6.05. The van der Waals surface area contributed by atoms with Crippen molar-refractivity contribution in [2.45, 2.75) is 44.3 Å². The van der Waals surface area contributed by atoms with Crippen molar-refractivity contribution in [1.29, 1.82) is 0 Å². The van der Waals surface area contributed by atoms with Crippen LogP contribution < -0.4 is 10.6 Å². The topological polar surface area (TPSA) is 42.1 Å². The van der Waals surface area contributed by atoms with E-state index in [4.69, 9.17) is 17.3 Å². The van der Waals surface area contributed by atoms with E-state index < -0.39 is 11.7 Å². The van der Waals surface area contributed by atoms with E-state index in [0.29, 0.717) is 24.9 Å². The highest BCUT2D eigenvalue weighted by Gasteiger charge is 2.33. The predicted octanol–water partition coefficient (Wildman–Crippen LogP) is 3.85. The Balaban J connectivity index is 2.26. The molecule has 0 bridgehead atoms.